The molecule has 84 valence electrons. The summed E-state index contributed by atoms with van der Waals surface area (Å²) in [4.78, 5) is 14.9. The number of carbonyl (C=O) groups is 1. The van der Waals surface area contributed by atoms with E-state index in [2.05, 4.69) is 18.7 Å². The average molecular weight is 233 g/mol. The van der Waals surface area contributed by atoms with Gasteiger partial charge in [0.05, 0.1) is 0 Å². The van der Waals surface area contributed by atoms with Crippen molar-refractivity contribution in [2.24, 2.45) is 0 Å². The van der Waals surface area contributed by atoms with Crippen LogP contribution in [0.15, 0.2) is 35.2 Å². The number of benzene rings is 1. The highest BCUT2D eigenvalue weighted by Crippen LogP contribution is 2.17. The molecule has 0 saturated carbocycles. The van der Waals surface area contributed by atoms with Crippen molar-refractivity contribution in [3.05, 3.63) is 41.5 Å². The molecule has 1 aliphatic heterocycles. The molecule has 2 nitrogen and oxygen atoms in total. The Labute approximate surface area is 101 Å². The molecule has 0 aliphatic carbocycles. The number of hydrogen-bond acceptors (Lipinski definition) is 2. The summed E-state index contributed by atoms with van der Waals surface area (Å²) >= 11 is 4.28. The van der Waals surface area contributed by atoms with Gasteiger partial charge in [-0.15, -0.1) is 12.6 Å². The smallest absolute Gasteiger partial charge is 0.254 e. The van der Waals surface area contributed by atoms with Crippen molar-refractivity contribution in [1.29, 1.82) is 0 Å². The van der Waals surface area contributed by atoms with Gasteiger partial charge in [-0.1, -0.05) is 18.2 Å². The van der Waals surface area contributed by atoms with Crippen LogP contribution in [0, 0.1) is 6.92 Å². The quantitative estimate of drug-likeness (QED) is 0.584. The maximum Gasteiger partial charge on any atom is 0.254 e. The van der Waals surface area contributed by atoms with Crippen LogP contribution in [0.1, 0.15) is 22.3 Å². The molecule has 0 atom stereocenters. The lowest BCUT2D eigenvalue weighted by molar-refractivity contribution is 0.0770. The van der Waals surface area contributed by atoms with Gasteiger partial charge in [-0.2, -0.15) is 0 Å². The molecule has 1 aromatic rings. The van der Waals surface area contributed by atoms with Crippen molar-refractivity contribution >= 4 is 18.5 Å². The Hall–Kier alpha value is -1.22. The Balaban J connectivity index is 2.26. The van der Waals surface area contributed by atoms with E-state index >= 15 is 0 Å². The third-order valence-electron chi connectivity index (χ3n) is 2.80. The van der Waals surface area contributed by atoms with E-state index in [0.717, 1.165) is 35.5 Å². The first-order valence-electron chi connectivity index (χ1n) is 5.42. The van der Waals surface area contributed by atoms with E-state index in [-0.39, 0.29) is 5.91 Å². The number of hydrogen-bond donors (Lipinski definition) is 1. The van der Waals surface area contributed by atoms with E-state index in [1.54, 1.807) is 0 Å². The minimum absolute atomic E-state index is 0.109. The molecule has 0 radical (unpaired) electrons. The summed E-state index contributed by atoms with van der Waals surface area (Å²) in [6, 6.07) is 5.69. The summed E-state index contributed by atoms with van der Waals surface area (Å²) in [6.45, 7) is 3.49. The molecule has 3 heteroatoms. The fourth-order valence-corrected chi connectivity index (χ4v) is 2.04. The molecule has 0 spiro atoms. The van der Waals surface area contributed by atoms with E-state index in [9.17, 15) is 4.79 Å². The second-order valence-electron chi connectivity index (χ2n) is 4.01. The summed E-state index contributed by atoms with van der Waals surface area (Å²) in [7, 11) is 0. The van der Waals surface area contributed by atoms with Crippen LogP contribution in [0.4, 0.5) is 0 Å². The maximum atomic E-state index is 12.2. The minimum atomic E-state index is 0.109. The first-order valence-corrected chi connectivity index (χ1v) is 5.87. The largest absolute Gasteiger partial charge is 0.335 e. The molecule has 2 rings (SSSR count). The van der Waals surface area contributed by atoms with E-state index in [4.69, 9.17) is 0 Å². The number of aryl methyl sites for hydroxylation is 1. The fraction of sp³-hybridized carbons (Fsp3) is 0.308. The van der Waals surface area contributed by atoms with Crippen LogP contribution >= 0.6 is 12.6 Å². The van der Waals surface area contributed by atoms with Crippen molar-refractivity contribution in [2.45, 2.75) is 18.2 Å². The molecule has 1 aliphatic rings. The first-order chi connectivity index (χ1) is 7.68. The molecule has 1 amide bonds. The van der Waals surface area contributed by atoms with Gasteiger partial charge in [0, 0.05) is 23.5 Å². The van der Waals surface area contributed by atoms with Gasteiger partial charge in [-0.05, 0) is 31.0 Å². The van der Waals surface area contributed by atoms with Crippen LogP contribution in [-0.4, -0.2) is 23.9 Å². The van der Waals surface area contributed by atoms with E-state index in [1.165, 1.54) is 0 Å². The van der Waals surface area contributed by atoms with Gasteiger partial charge < -0.3 is 4.90 Å². The normalized spacial score (nSPS) is 15.2. The number of amides is 1. The summed E-state index contributed by atoms with van der Waals surface area (Å²) in [6.07, 6.45) is 5.11. The van der Waals surface area contributed by atoms with Gasteiger partial charge in [0.25, 0.3) is 5.91 Å². The van der Waals surface area contributed by atoms with Crippen molar-refractivity contribution in [1.82, 2.24) is 4.90 Å². The highest BCUT2D eigenvalue weighted by atomic mass is 32.1. The van der Waals surface area contributed by atoms with Crippen molar-refractivity contribution in [3.63, 3.8) is 0 Å². The molecule has 0 bridgehead atoms. The third-order valence-corrected chi connectivity index (χ3v) is 3.08. The van der Waals surface area contributed by atoms with Gasteiger partial charge in [-0.25, -0.2) is 0 Å². The lowest BCUT2D eigenvalue weighted by Crippen LogP contribution is -2.34. The van der Waals surface area contributed by atoms with Crippen LogP contribution in [0.25, 0.3) is 0 Å². The third kappa shape index (κ3) is 2.30. The van der Waals surface area contributed by atoms with Crippen LogP contribution in [0.5, 0.6) is 0 Å². The fourth-order valence-electron chi connectivity index (χ4n) is 1.84. The second-order valence-corrected chi connectivity index (χ2v) is 4.53. The predicted molar refractivity (Wildman–Crippen MR) is 68.1 cm³/mol. The van der Waals surface area contributed by atoms with Crippen molar-refractivity contribution in [2.75, 3.05) is 13.1 Å². The Bertz CT molecular complexity index is 440. The SMILES string of the molecule is Cc1ccc(S)cc1C(=O)N1CC=CCC1. The van der Waals surface area contributed by atoms with Crippen LogP contribution in [0.3, 0.4) is 0 Å². The zero-order valence-corrected chi connectivity index (χ0v) is 10.2. The number of rotatable bonds is 1. The van der Waals surface area contributed by atoms with E-state index < -0.39 is 0 Å². The van der Waals surface area contributed by atoms with Gasteiger partial charge in [0.1, 0.15) is 0 Å². The Morgan fingerprint density at radius 3 is 2.88 bits per heavy atom. The minimum Gasteiger partial charge on any atom is -0.335 e. The first kappa shape index (κ1) is 11.3. The monoisotopic (exact) mass is 233 g/mol. The molecular weight excluding hydrogens is 218 g/mol. The molecule has 0 unspecified atom stereocenters. The van der Waals surface area contributed by atoms with Gasteiger partial charge in [-0.3, -0.25) is 4.79 Å². The maximum absolute atomic E-state index is 12.2. The highest BCUT2D eigenvalue weighted by molar-refractivity contribution is 7.80. The summed E-state index contributed by atoms with van der Waals surface area (Å²) < 4.78 is 0. The predicted octanol–water partition coefficient (Wildman–Crippen LogP) is 2.69. The molecular formula is C13H15NOS. The molecule has 1 heterocycles. The summed E-state index contributed by atoms with van der Waals surface area (Å²) in [5.41, 5.74) is 1.78. The average Bonchev–Trinajstić information content (AvgIpc) is 2.32. The number of carbonyl (C=O) groups excluding carboxylic acids is 1. The Morgan fingerprint density at radius 1 is 1.38 bits per heavy atom. The highest BCUT2D eigenvalue weighted by Gasteiger charge is 2.17. The van der Waals surface area contributed by atoms with Gasteiger partial charge in [0.15, 0.2) is 0 Å². The molecule has 0 N–H and O–H groups in total. The molecule has 16 heavy (non-hydrogen) atoms. The summed E-state index contributed by atoms with van der Waals surface area (Å²) in [5, 5.41) is 0. The zero-order valence-electron chi connectivity index (χ0n) is 9.31. The van der Waals surface area contributed by atoms with Crippen LogP contribution in [0.2, 0.25) is 0 Å². The van der Waals surface area contributed by atoms with E-state index in [1.807, 2.05) is 36.1 Å². The molecule has 0 aromatic heterocycles. The lowest BCUT2D eigenvalue weighted by Gasteiger charge is -2.24. The van der Waals surface area contributed by atoms with Gasteiger partial charge >= 0.3 is 0 Å². The van der Waals surface area contributed by atoms with Crippen LogP contribution < -0.4 is 0 Å². The Morgan fingerprint density at radius 2 is 2.19 bits per heavy atom. The molecule has 0 fully saturated rings. The molecule has 1 aromatic carbocycles. The van der Waals surface area contributed by atoms with Crippen molar-refractivity contribution < 1.29 is 4.79 Å². The van der Waals surface area contributed by atoms with Crippen molar-refractivity contribution in [3.8, 4) is 0 Å². The number of thiol groups is 1. The summed E-state index contributed by atoms with van der Waals surface area (Å²) in [5.74, 6) is 0.109. The Kier molecular flexibility index (Phi) is 3.34. The zero-order chi connectivity index (χ0) is 11.5. The van der Waals surface area contributed by atoms with E-state index in [0.29, 0.717) is 0 Å². The molecule has 0 saturated heterocycles. The lowest BCUT2D eigenvalue weighted by atomic mass is 10.1. The topological polar surface area (TPSA) is 20.3 Å². The number of nitrogens with zero attached hydrogens (tertiary/aromatic N) is 1. The van der Waals surface area contributed by atoms with Gasteiger partial charge in [0.2, 0.25) is 0 Å². The van der Waals surface area contributed by atoms with Crippen LogP contribution in [-0.2, 0) is 0 Å². The standard InChI is InChI=1S/C13H15NOS/c1-10-5-6-11(16)9-12(10)13(15)14-7-3-2-4-8-14/h2-3,5-6,9,16H,4,7-8H2,1H3. The second kappa shape index (κ2) is 4.74.